The van der Waals surface area contributed by atoms with Gasteiger partial charge in [0.25, 0.3) is 0 Å². The van der Waals surface area contributed by atoms with Crippen molar-refractivity contribution in [3.8, 4) is 5.75 Å². The van der Waals surface area contributed by atoms with Crippen molar-refractivity contribution in [1.82, 2.24) is 0 Å². The Labute approximate surface area is 107 Å². The summed E-state index contributed by atoms with van der Waals surface area (Å²) < 4.78 is 54.6. The number of alkyl halides is 3. The van der Waals surface area contributed by atoms with Gasteiger partial charge in [0.1, 0.15) is 0 Å². The van der Waals surface area contributed by atoms with E-state index in [0.717, 1.165) is 12.1 Å². The van der Waals surface area contributed by atoms with Gasteiger partial charge >= 0.3 is 6.18 Å². The van der Waals surface area contributed by atoms with Crippen LogP contribution in [0.3, 0.4) is 0 Å². The Morgan fingerprint density at radius 2 is 2.05 bits per heavy atom. The molecule has 0 fully saturated rings. The number of ether oxygens (including phenoxy) is 1. The van der Waals surface area contributed by atoms with Crippen molar-refractivity contribution in [1.29, 1.82) is 0 Å². The van der Waals surface area contributed by atoms with Gasteiger partial charge in [0.2, 0.25) is 0 Å². The van der Waals surface area contributed by atoms with E-state index in [0.29, 0.717) is 0 Å². The molecule has 1 aromatic rings. The quantitative estimate of drug-likeness (QED) is 0.572. The summed E-state index contributed by atoms with van der Waals surface area (Å²) in [6.07, 6.45) is -7.27. The summed E-state index contributed by atoms with van der Waals surface area (Å²) in [7, 11) is 0. The molecule has 1 unspecified atom stereocenters. The van der Waals surface area contributed by atoms with Gasteiger partial charge in [-0.2, -0.15) is 13.2 Å². The van der Waals surface area contributed by atoms with Crippen molar-refractivity contribution in [3.05, 3.63) is 17.9 Å². The minimum Gasteiger partial charge on any atom is -0.491 e. The fourth-order valence-electron chi connectivity index (χ4n) is 1.31. The molecular weight excluding hydrogens is 268 g/mol. The van der Waals surface area contributed by atoms with E-state index >= 15 is 0 Å². The molecular formula is C11H14F4N2O2. The predicted octanol–water partition coefficient (Wildman–Crippen LogP) is 2.14. The molecule has 1 atom stereocenters. The largest absolute Gasteiger partial charge is 0.491 e. The lowest BCUT2D eigenvalue weighted by molar-refractivity contribution is -0.198. The Kier molecular flexibility index (Phi) is 4.82. The van der Waals surface area contributed by atoms with Crippen molar-refractivity contribution in [3.63, 3.8) is 0 Å². The molecule has 19 heavy (non-hydrogen) atoms. The normalized spacial score (nSPS) is 13.2. The van der Waals surface area contributed by atoms with Crippen LogP contribution < -0.4 is 15.8 Å². The van der Waals surface area contributed by atoms with Crippen LogP contribution >= 0.6 is 0 Å². The van der Waals surface area contributed by atoms with Gasteiger partial charge in [-0.1, -0.05) is 0 Å². The summed E-state index contributed by atoms with van der Waals surface area (Å²) in [4.78, 5) is 0. The molecule has 0 spiro atoms. The van der Waals surface area contributed by atoms with Crippen molar-refractivity contribution in [2.24, 2.45) is 0 Å². The summed E-state index contributed by atoms with van der Waals surface area (Å²) in [6, 6.07) is 2.09. The molecule has 0 aromatic heterocycles. The van der Waals surface area contributed by atoms with E-state index in [2.05, 4.69) is 5.32 Å². The standard InChI is InChI=1S/C11H14F4N2O2/c1-2-19-9-4-8(7(16)3-6(9)12)17-5-10(18)11(13,14)15/h3-4,10,17-18H,2,5,16H2,1H3. The van der Waals surface area contributed by atoms with Gasteiger partial charge in [-0.25, -0.2) is 4.39 Å². The number of benzene rings is 1. The summed E-state index contributed by atoms with van der Waals surface area (Å²) in [5.74, 6) is -0.832. The maximum Gasteiger partial charge on any atom is 0.416 e. The fraction of sp³-hybridized carbons (Fsp3) is 0.455. The van der Waals surface area contributed by atoms with Crippen molar-refractivity contribution < 1.29 is 27.4 Å². The maximum atomic E-state index is 13.3. The molecule has 0 amide bonds. The van der Waals surface area contributed by atoms with E-state index in [1.54, 1.807) is 6.92 Å². The predicted molar refractivity (Wildman–Crippen MR) is 62.5 cm³/mol. The number of nitrogens with two attached hydrogens (primary N) is 1. The molecule has 4 N–H and O–H groups in total. The highest BCUT2D eigenvalue weighted by Crippen LogP contribution is 2.29. The van der Waals surface area contributed by atoms with Crippen molar-refractivity contribution >= 4 is 11.4 Å². The molecule has 0 bridgehead atoms. The number of hydrogen-bond acceptors (Lipinski definition) is 4. The van der Waals surface area contributed by atoms with Gasteiger partial charge in [-0.3, -0.25) is 0 Å². The highest BCUT2D eigenvalue weighted by molar-refractivity contribution is 5.68. The number of aliphatic hydroxyl groups excluding tert-OH is 1. The number of rotatable bonds is 5. The monoisotopic (exact) mass is 282 g/mol. The first kappa shape index (κ1) is 15.4. The highest BCUT2D eigenvalue weighted by atomic mass is 19.4. The number of aliphatic hydroxyl groups is 1. The summed E-state index contributed by atoms with van der Waals surface area (Å²) in [5.41, 5.74) is 5.45. The molecule has 0 aliphatic carbocycles. The smallest absolute Gasteiger partial charge is 0.416 e. The number of anilines is 2. The Bertz CT molecular complexity index is 437. The van der Waals surface area contributed by atoms with E-state index < -0.39 is 24.6 Å². The van der Waals surface area contributed by atoms with Gasteiger partial charge in [-0.15, -0.1) is 0 Å². The molecule has 0 heterocycles. The molecule has 0 saturated heterocycles. The average Bonchev–Trinajstić information content (AvgIpc) is 2.29. The third kappa shape index (κ3) is 4.16. The second-order valence-electron chi connectivity index (χ2n) is 3.74. The third-order valence-corrected chi connectivity index (χ3v) is 2.27. The zero-order valence-electron chi connectivity index (χ0n) is 10.1. The number of halogens is 4. The lowest BCUT2D eigenvalue weighted by Gasteiger charge is -2.17. The van der Waals surface area contributed by atoms with Crippen molar-refractivity contribution in [2.45, 2.75) is 19.2 Å². The number of nitrogens with one attached hydrogen (secondary N) is 1. The van der Waals surface area contributed by atoms with Crippen LogP contribution in [0.4, 0.5) is 28.9 Å². The van der Waals surface area contributed by atoms with E-state index in [1.165, 1.54) is 0 Å². The van der Waals surface area contributed by atoms with Crippen molar-refractivity contribution in [2.75, 3.05) is 24.2 Å². The molecule has 0 saturated carbocycles. The fourth-order valence-corrected chi connectivity index (χ4v) is 1.31. The van der Waals surface area contributed by atoms with Gasteiger partial charge in [0, 0.05) is 18.7 Å². The summed E-state index contributed by atoms with van der Waals surface area (Å²) in [6.45, 7) is 1.05. The molecule has 1 rings (SSSR count). The van der Waals surface area contributed by atoms with Crippen LogP contribution in [0.2, 0.25) is 0 Å². The maximum absolute atomic E-state index is 13.3. The Morgan fingerprint density at radius 1 is 1.42 bits per heavy atom. The molecule has 1 aromatic carbocycles. The molecule has 0 aliphatic rings. The highest BCUT2D eigenvalue weighted by Gasteiger charge is 2.37. The van der Waals surface area contributed by atoms with Gasteiger partial charge in [0.05, 0.1) is 18.0 Å². The van der Waals surface area contributed by atoms with E-state index in [4.69, 9.17) is 15.6 Å². The first-order chi connectivity index (χ1) is 8.75. The van der Waals surface area contributed by atoms with Crippen LogP contribution in [0.1, 0.15) is 6.92 Å². The lowest BCUT2D eigenvalue weighted by Crippen LogP contribution is -2.35. The van der Waals surface area contributed by atoms with Crippen LogP contribution in [0, 0.1) is 5.82 Å². The van der Waals surface area contributed by atoms with Crippen LogP contribution in [-0.4, -0.2) is 30.5 Å². The van der Waals surface area contributed by atoms with Crippen LogP contribution in [0.25, 0.3) is 0 Å². The number of hydrogen-bond donors (Lipinski definition) is 3. The molecule has 4 nitrogen and oxygen atoms in total. The zero-order valence-corrected chi connectivity index (χ0v) is 10.1. The lowest BCUT2D eigenvalue weighted by atomic mass is 10.2. The zero-order chi connectivity index (χ0) is 14.6. The third-order valence-electron chi connectivity index (χ3n) is 2.27. The second kappa shape index (κ2) is 5.96. The Morgan fingerprint density at radius 3 is 2.58 bits per heavy atom. The minimum atomic E-state index is -4.73. The SMILES string of the molecule is CCOc1cc(NCC(O)C(F)(F)F)c(N)cc1F. The first-order valence-corrected chi connectivity index (χ1v) is 5.46. The van der Waals surface area contributed by atoms with E-state index in [-0.39, 0.29) is 23.7 Å². The molecule has 0 aliphatic heterocycles. The van der Waals surface area contributed by atoms with Crippen LogP contribution in [0.5, 0.6) is 5.75 Å². The van der Waals surface area contributed by atoms with E-state index in [9.17, 15) is 17.6 Å². The molecule has 8 heteroatoms. The number of nitrogen functional groups attached to an aromatic ring is 1. The Balaban J connectivity index is 2.81. The second-order valence-corrected chi connectivity index (χ2v) is 3.74. The first-order valence-electron chi connectivity index (χ1n) is 5.46. The van der Waals surface area contributed by atoms with E-state index in [1.807, 2.05) is 0 Å². The van der Waals surface area contributed by atoms with Gasteiger partial charge < -0.3 is 20.9 Å². The van der Waals surface area contributed by atoms with Gasteiger partial charge in [-0.05, 0) is 6.92 Å². The summed E-state index contributed by atoms with van der Waals surface area (Å²) >= 11 is 0. The van der Waals surface area contributed by atoms with Crippen LogP contribution in [-0.2, 0) is 0 Å². The molecule has 108 valence electrons. The molecule has 0 radical (unpaired) electrons. The van der Waals surface area contributed by atoms with Gasteiger partial charge in [0.15, 0.2) is 17.7 Å². The Hall–Kier alpha value is -1.70. The van der Waals surface area contributed by atoms with Crippen LogP contribution in [0.15, 0.2) is 12.1 Å². The minimum absolute atomic E-state index is 0.0631. The average molecular weight is 282 g/mol. The summed E-state index contributed by atoms with van der Waals surface area (Å²) in [5, 5.41) is 11.1. The topological polar surface area (TPSA) is 67.5 Å².